The lowest BCUT2D eigenvalue weighted by Gasteiger charge is -2.06. The minimum atomic E-state index is -0.321. The molecule has 12 heavy (non-hydrogen) atoms. The third-order valence-corrected chi connectivity index (χ3v) is 1.24. The van der Waals surface area contributed by atoms with Gasteiger partial charge in [-0.2, -0.15) is 0 Å². The Kier molecular flexibility index (Phi) is 2.80. The van der Waals surface area contributed by atoms with Crippen LogP contribution in [0.2, 0.25) is 0 Å². The monoisotopic (exact) mass is 165 g/mol. The molecule has 1 rings (SSSR count). The number of nitrogens with zero attached hydrogens (tertiary/aromatic N) is 1. The highest BCUT2D eigenvalue weighted by Gasteiger charge is 2.07. The lowest BCUT2D eigenvalue weighted by atomic mass is 10.3. The Hall–Kier alpha value is -1.38. The van der Waals surface area contributed by atoms with Crippen molar-refractivity contribution >= 4 is 5.97 Å². The molecule has 0 aliphatic carbocycles. The number of hydrogen-bond acceptors (Lipinski definition) is 3. The lowest BCUT2D eigenvalue weighted by molar-refractivity contribution is 0.0377. The molecule has 1 aromatic heterocycles. The summed E-state index contributed by atoms with van der Waals surface area (Å²) in [4.78, 5) is 15.0. The predicted octanol–water partition coefficient (Wildman–Crippen LogP) is 1.65. The van der Waals surface area contributed by atoms with Crippen molar-refractivity contribution in [2.24, 2.45) is 0 Å². The van der Waals surface area contributed by atoms with Gasteiger partial charge in [0.15, 0.2) is 0 Å². The zero-order chi connectivity index (χ0) is 8.97. The molecule has 64 valence electrons. The number of pyridine rings is 1. The summed E-state index contributed by atoms with van der Waals surface area (Å²) < 4.78 is 4.96. The maximum absolute atomic E-state index is 11.2. The van der Waals surface area contributed by atoms with Gasteiger partial charge >= 0.3 is 5.97 Å². The molecule has 0 fully saturated rings. The second-order valence-electron chi connectivity index (χ2n) is 2.70. The molecule has 0 amide bonds. The smallest absolute Gasteiger partial charge is 0.339 e. The number of esters is 1. The molecule has 1 aromatic rings. The molecular formula is C9H11NO2. The van der Waals surface area contributed by atoms with Crippen LogP contribution < -0.4 is 0 Å². The van der Waals surface area contributed by atoms with Gasteiger partial charge in [0.25, 0.3) is 0 Å². The van der Waals surface area contributed by atoms with Crippen molar-refractivity contribution in [3.05, 3.63) is 30.1 Å². The average Bonchev–Trinajstić information content (AvgIpc) is 2.05. The number of carbonyl (C=O) groups is 1. The molecule has 0 radical (unpaired) electrons. The molecule has 0 bridgehead atoms. The van der Waals surface area contributed by atoms with Crippen LogP contribution in [0.15, 0.2) is 24.5 Å². The van der Waals surface area contributed by atoms with Crippen LogP contribution >= 0.6 is 0 Å². The SMILES string of the molecule is CC(C)OC(=O)c1cccnc1. The molecule has 0 saturated heterocycles. The lowest BCUT2D eigenvalue weighted by Crippen LogP contribution is -2.11. The van der Waals surface area contributed by atoms with Gasteiger partial charge in [-0.3, -0.25) is 4.98 Å². The summed E-state index contributed by atoms with van der Waals surface area (Å²) in [7, 11) is 0. The fourth-order valence-corrected chi connectivity index (χ4v) is 0.766. The van der Waals surface area contributed by atoms with Gasteiger partial charge in [0.2, 0.25) is 0 Å². The summed E-state index contributed by atoms with van der Waals surface area (Å²) in [5.74, 6) is -0.321. The molecule has 0 spiro atoms. The maximum atomic E-state index is 11.2. The molecule has 0 saturated carbocycles. The predicted molar refractivity (Wildman–Crippen MR) is 44.8 cm³/mol. The summed E-state index contributed by atoms with van der Waals surface area (Å²) in [5, 5.41) is 0. The van der Waals surface area contributed by atoms with Crippen molar-refractivity contribution in [3.63, 3.8) is 0 Å². The van der Waals surface area contributed by atoms with Gasteiger partial charge in [-0.05, 0) is 26.0 Å². The van der Waals surface area contributed by atoms with Crippen molar-refractivity contribution in [1.29, 1.82) is 0 Å². The van der Waals surface area contributed by atoms with Gasteiger partial charge in [0.1, 0.15) is 0 Å². The van der Waals surface area contributed by atoms with Crippen LogP contribution in [-0.4, -0.2) is 17.1 Å². The molecule has 3 nitrogen and oxygen atoms in total. The fourth-order valence-electron chi connectivity index (χ4n) is 0.766. The topological polar surface area (TPSA) is 39.2 Å². The Morgan fingerprint density at radius 3 is 2.83 bits per heavy atom. The molecule has 0 unspecified atom stereocenters. The first kappa shape index (κ1) is 8.71. The third kappa shape index (κ3) is 2.34. The van der Waals surface area contributed by atoms with Crippen LogP contribution in [0.4, 0.5) is 0 Å². The van der Waals surface area contributed by atoms with Crippen molar-refractivity contribution in [1.82, 2.24) is 4.98 Å². The molecule has 0 atom stereocenters. The molecule has 0 N–H and O–H groups in total. The van der Waals surface area contributed by atoms with Crippen LogP contribution in [0.25, 0.3) is 0 Å². The average molecular weight is 165 g/mol. The van der Waals surface area contributed by atoms with Crippen molar-refractivity contribution in [2.45, 2.75) is 20.0 Å². The second-order valence-corrected chi connectivity index (χ2v) is 2.70. The summed E-state index contributed by atoms with van der Waals surface area (Å²) in [5.41, 5.74) is 0.492. The number of carbonyl (C=O) groups excluding carboxylic acids is 1. The quantitative estimate of drug-likeness (QED) is 0.625. The number of ether oxygens (including phenoxy) is 1. The number of aromatic nitrogens is 1. The Bertz CT molecular complexity index is 256. The third-order valence-electron chi connectivity index (χ3n) is 1.24. The highest BCUT2D eigenvalue weighted by molar-refractivity contribution is 5.88. The summed E-state index contributed by atoms with van der Waals surface area (Å²) in [6, 6.07) is 3.38. The number of hydrogen-bond donors (Lipinski definition) is 0. The highest BCUT2D eigenvalue weighted by Crippen LogP contribution is 2.00. The minimum absolute atomic E-state index is 0.0855. The van der Waals surface area contributed by atoms with Gasteiger partial charge in [-0.1, -0.05) is 0 Å². The zero-order valence-corrected chi connectivity index (χ0v) is 7.15. The van der Waals surface area contributed by atoms with Gasteiger partial charge in [-0.25, -0.2) is 4.79 Å². The van der Waals surface area contributed by atoms with Crippen molar-refractivity contribution < 1.29 is 9.53 Å². The van der Waals surface area contributed by atoms with E-state index in [4.69, 9.17) is 4.74 Å². The van der Waals surface area contributed by atoms with Crippen LogP contribution in [0.5, 0.6) is 0 Å². The Balaban J connectivity index is 2.66. The van der Waals surface area contributed by atoms with Crippen LogP contribution in [-0.2, 0) is 4.74 Å². The highest BCUT2D eigenvalue weighted by atomic mass is 16.5. The summed E-state index contributed by atoms with van der Waals surface area (Å²) in [6.45, 7) is 3.63. The normalized spacial score (nSPS) is 9.92. The van der Waals surface area contributed by atoms with E-state index in [0.717, 1.165) is 0 Å². The largest absolute Gasteiger partial charge is 0.459 e. The van der Waals surface area contributed by atoms with E-state index in [0.29, 0.717) is 5.56 Å². The van der Waals surface area contributed by atoms with Crippen molar-refractivity contribution in [2.75, 3.05) is 0 Å². The Labute approximate surface area is 71.4 Å². The van der Waals surface area contributed by atoms with E-state index in [-0.39, 0.29) is 12.1 Å². The molecule has 3 heteroatoms. The van der Waals surface area contributed by atoms with E-state index in [1.165, 1.54) is 6.20 Å². The zero-order valence-electron chi connectivity index (χ0n) is 7.15. The first-order valence-corrected chi connectivity index (χ1v) is 3.81. The molecule has 0 aliphatic rings. The van der Waals surface area contributed by atoms with Gasteiger partial charge < -0.3 is 4.74 Å². The van der Waals surface area contributed by atoms with E-state index in [1.54, 1.807) is 18.3 Å². The van der Waals surface area contributed by atoms with Gasteiger partial charge in [0, 0.05) is 12.4 Å². The molecule has 1 heterocycles. The van der Waals surface area contributed by atoms with E-state index in [2.05, 4.69) is 4.98 Å². The van der Waals surface area contributed by atoms with E-state index in [1.807, 2.05) is 13.8 Å². The Morgan fingerprint density at radius 2 is 2.33 bits per heavy atom. The summed E-state index contributed by atoms with van der Waals surface area (Å²) >= 11 is 0. The molecular weight excluding hydrogens is 154 g/mol. The van der Waals surface area contributed by atoms with E-state index >= 15 is 0 Å². The first-order valence-electron chi connectivity index (χ1n) is 3.81. The van der Waals surface area contributed by atoms with Gasteiger partial charge in [0.05, 0.1) is 11.7 Å². The number of rotatable bonds is 2. The van der Waals surface area contributed by atoms with Crippen LogP contribution in [0.3, 0.4) is 0 Å². The second kappa shape index (κ2) is 3.85. The van der Waals surface area contributed by atoms with Crippen LogP contribution in [0, 0.1) is 0 Å². The molecule has 0 aliphatic heterocycles. The standard InChI is InChI=1S/C9H11NO2/c1-7(2)12-9(11)8-4-3-5-10-6-8/h3-7H,1-2H3. The minimum Gasteiger partial charge on any atom is -0.459 e. The Morgan fingerprint density at radius 1 is 1.58 bits per heavy atom. The first-order chi connectivity index (χ1) is 5.70. The van der Waals surface area contributed by atoms with E-state index in [9.17, 15) is 4.79 Å². The summed E-state index contributed by atoms with van der Waals surface area (Å²) in [6.07, 6.45) is 3.02. The maximum Gasteiger partial charge on any atom is 0.339 e. The van der Waals surface area contributed by atoms with E-state index < -0.39 is 0 Å². The van der Waals surface area contributed by atoms with Crippen LogP contribution in [0.1, 0.15) is 24.2 Å². The van der Waals surface area contributed by atoms with Crippen molar-refractivity contribution in [3.8, 4) is 0 Å². The fraction of sp³-hybridized carbons (Fsp3) is 0.333. The molecule has 0 aromatic carbocycles. The van der Waals surface area contributed by atoms with Gasteiger partial charge in [-0.15, -0.1) is 0 Å².